The fourth-order valence-corrected chi connectivity index (χ4v) is 4.90. The van der Waals surface area contributed by atoms with E-state index in [2.05, 4.69) is 20.2 Å². The number of hydrogen-bond acceptors (Lipinski definition) is 5. The predicted molar refractivity (Wildman–Crippen MR) is 83.7 cm³/mol. The average Bonchev–Trinajstić information content (AvgIpc) is 3.20. The molecule has 1 aromatic rings. The number of H-pyrrole nitrogens is 1. The molecule has 1 aliphatic heterocycles. The van der Waals surface area contributed by atoms with E-state index in [9.17, 15) is 8.42 Å². The van der Waals surface area contributed by atoms with Crippen molar-refractivity contribution in [3.05, 3.63) is 11.8 Å². The van der Waals surface area contributed by atoms with Gasteiger partial charge >= 0.3 is 0 Å². The van der Waals surface area contributed by atoms with Gasteiger partial charge in [0.05, 0.1) is 6.20 Å². The third-order valence-electron chi connectivity index (χ3n) is 4.01. The van der Waals surface area contributed by atoms with Crippen LogP contribution in [-0.2, 0) is 16.6 Å². The average molecular weight is 330 g/mol. The zero-order valence-electron chi connectivity index (χ0n) is 12.0. The lowest BCUT2D eigenvalue weighted by Crippen LogP contribution is -2.32. The number of nitrogens with one attached hydrogen (secondary N) is 3. The maximum Gasteiger partial charge on any atom is 0.257 e. The Bertz CT molecular complexity index is 562. The molecule has 0 aromatic carbocycles. The number of rotatable bonds is 7. The number of nitrogens with zero attached hydrogens (tertiary/aromatic N) is 1. The SMILES string of the molecule is O=S(=O)(NCC1CCSCC1)c1[nH]ncc1CNC1CC1. The van der Waals surface area contributed by atoms with Crippen molar-refractivity contribution in [2.75, 3.05) is 18.1 Å². The van der Waals surface area contributed by atoms with E-state index in [1.54, 1.807) is 6.20 Å². The van der Waals surface area contributed by atoms with E-state index in [0.29, 0.717) is 30.6 Å². The van der Waals surface area contributed by atoms with Crippen LogP contribution in [-0.4, -0.2) is 42.7 Å². The van der Waals surface area contributed by atoms with Crippen LogP contribution in [0.3, 0.4) is 0 Å². The van der Waals surface area contributed by atoms with Crippen LogP contribution in [0.5, 0.6) is 0 Å². The molecule has 118 valence electrons. The molecule has 3 N–H and O–H groups in total. The van der Waals surface area contributed by atoms with Crippen LogP contribution >= 0.6 is 11.8 Å². The molecule has 0 atom stereocenters. The molecule has 8 heteroatoms. The topological polar surface area (TPSA) is 86.9 Å². The van der Waals surface area contributed by atoms with Crippen LogP contribution in [0.25, 0.3) is 0 Å². The molecule has 0 bridgehead atoms. The zero-order chi connectivity index (χ0) is 14.7. The Morgan fingerprint density at radius 1 is 1.29 bits per heavy atom. The van der Waals surface area contributed by atoms with Gasteiger partial charge in [0.15, 0.2) is 5.03 Å². The van der Waals surface area contributed by atoms with E-state index in [4.69, 9.17) is 0 Å². The molecule has 21 heavy (non-hydrogen) atoms. The molecule has 2 heterocycles. The molecule has 3 rings (SSSR count). The second kappa shape index (κ2) is 6.68. The highest BCUT2D eigenvalue weighted by Crippen LogP contribution is 2.23. The second-order valence-electron chi connectivity index (χ2n) is 5.79. The van der Waals surface area contributed by atoms with Gasteiger partial charge < -0.3 is 5.32 Å². The van der Waals surface area contributed by atoms with Crippen LogP contribution in [0, 0.1) is 5.92 Å². The van der Waals surface area contributed by atoms with E-state index in [1.165, 1.54) is 12.8 Å². The van der Waals surface area contributed by atoms with Gasteiger partial charge in [-0.05, 0) is 43.1 Å². The normalized spacial score (nSPS) is 20.8. The highest BCUT2D eigenvalue weighted by Gasteiger charge is 2.25. The quantitative estimate of drug-likeness (QED) is 0.696. The van der Waals surface area contributed by atoms with Gasteiger partial charge in [0.2, 0.25) is 0 Å². The minimum Gasteiger partial charge on any atom is -0.310 e. The first kappa shape index (κ1) is 15.3. The summed E-state index contributed by atoms with van der Waals surface area (Å²) in [5.41, 5.74) is 0.716. The van der Waals surface area contributed by atoms with Gasteiger partial charge in [0, 0.05) is 24.7 Å². The lowest BCUT2D eigenvalue weighted by atomic mass is 10.0. The summed E-state index contributed by atoms with van der Waals surface area (Å²) in [5, 5.41) is 10.1. The lowest BCUT2D eigenvalue weighted by molar-refractivity contribution is 0.475. The lowest BCUT2D eigenvalue weighted by Gasteiger charge is -2.21. The second-order valence-corrected chi connectivity index (χ2v) is 8.72. The standard InChI is InChI=1S/C13H22N4O2S2/c18-21(19,16-7-10-3-5-20-6-4-10)13-11(9-15-17-13)8-14-12-1-2-12/h9-10,12,14,16H,1-8H2,(H,15,17). The number of aromatic nitrogens is 2. The maximum absolute atomic E-state index is 12.4. The highest BCUT2D eigenvalue weighted by molar-refractivity contribution is 7.99. The Balaban J connectivity index is 1.59. The van der Waals surface area contributed by atoms with E-state index in [-0.39, 0.29) is 5.03 Å². The summed E-state index contributed by atoms with van der Waals surface area (Å²) in [6.45, 7) is 1.08. The van der Waals surface area contributed by atoms with Crippen molar-refractivity contribution in [2.45, 2.75) is 43.3 Å². The minimum atomic E-state index is -3.49. The molecule has 0 amide bonds. The summed E-state index contributed by atoms with van der Waals surface area (Å²) in [6.07, 6.45) is 6.13. The van der Waals surface area contributed by atoms with Gasteiger partial charge in [-0.3, -0.25) is 5.10 Å². The van der Waals surface area contributed by atoms with Gasteiger partial charge in [0.1, 0.15) is 0 Å². The number of sulfonamides is 1. The molecule has 0 radical (unpaired) electrons. The first-order valence-electron chi connectivity index (χ1n) is 7.48. The molecule has 2 fully saturated rings. The Morgan fingerprint density at radius 2 is 2.05 bits per heavy atom. The maximum atomic E-state index is 12.4. The van der Waals surface area contributed by atoms with Crippen LogP contribution in [0.4, 0.5) is 0 Å². The number of aromatic amines is 1. The molecule has 0 unspecified atom stereocenters. The third kappa shape index (κ3) is 4.21. The van der Waals surface area contributed by atoms with Crippen molar-refractivity contribution in [3.63, 3.8) is 0 Å². The predicted octanol–water partition coefficient (Wildman–Crippen LogP) is 1.08. The van der Waals surface area contributed by atoms with Crippen molar-refractivity contribution < 1.29 is 8.42 Å². The molecule has 1 saturated heterocycles. The van der Waals surface area contributed by atoms with Crippen molar-refractivity contribution in [3.8, 4) is 0 Å². The fraction of sp³-hybridized carbons (Fsp3) is 0.769. The summed E-state index contributed by atoms with van der Waals surface area (Å²) >= 11 is 1.95. The van der Waals surface area contributed by atoms with Crippen LogP contribution < -0.4 is 10.0 Å². The van der Waals surface area contributed by atoms with Crippen LogP contribution in [0.2, 0.25) is 0 Å². The molecule has 6 nitrogen and oxygen atoms in total. The van der Waals surface area contributed by atoms with Crippen molar-refractivity contribution in [1.82, 2.24) is 20.2 Å². The van der Waals surface area contributed by atoms with Crippen molar-refractivity contribution in [2.24, 2.45) is 5.92 Å². The fourth-order valence-electron chi connectivity index (χ4n) is 2.45. The first-order chi connectivity index (χ1) is 10.1. The molecule has 1 saturated carbocycles. The summed E-state index contributed by atoms with van der Waals surface area (Å²) < 4.78 is 27.5. The smallest absolute Gasteiger partial charge is 0.257 e. The van der Waals surface area contributed by atoms with Gasteiger partial charge in [-0.1, -0.05) is 0 Å². The van der Waals surface area contributed by atoms with Crippen LogP contribution in [0.1, 0.15) is 31.2 Å². The first-order valence-corrected chi connectivity index (χ1v) is 10.1. The Kier molecular flexibility index (Phi) is 4.88. The molecular weight excluding hydrogens is 308 g/mol. The van der Waals surface area contributed by atoms with Crippen molar-refractivity contribution in [1.29, 1.82) is 0 Å². The van der Waals surface area contributed by atoms with Gasteiger partial charge in [0.25, 0.3) is 10.0 Å². The highest BCUT2D eigenvalue weighted by atomic mass is 32.2. The molecule has 0 spiro atoms. The number of hydrogen-bond donors (Lipinski definition) is 3. The van der Waals surface area contributed by atoms with Crippen molar-refractivity contribution >= 4 is 21.8 Å². The Morgan fingerprint density at radius 3 is 2.76 bits per heavy atom. The van der Waals surface area contributed by atoms with E-state index in [1.807, 2.05) is 11.8 Å². The van der Waals surface area contributed by atoms with E-state index >= 15 is 0 Å². The monoisotopic (exact) mass is 330 g/mol. The van der Waals surface area contributed by atoms with Gasteiger partial charge in [-0.15, -0.1) is 0 Å². The molecule has 1 aromatic heterocycles. The van der Waals surface area contributed by atoms with Gasteiger partial charge in [-0.2, -0.15) is 16.9 Å². The summed E-state index contributed by atoms with van der Waals surface area (Å²) in [5.74, 6) is 2.72. The zero-order valence-corrected chi connectivity index (χ0v) is 13.6. The largest absolute Gasteiger partial charge is 0.310 e. The molecule has 1 aliphatic carbocycles. The number of thioether (sulfide) groups is 1. The Labute approximate surface area is 129 Å². The Hall–Kier alpha value is -0.570. The molecule has 2 aliphatic rings. The summed E-state index contributed by atoms with van der Waals surface area (Å²) in [7, 11) is -3.49. The van der Waals surface area contributed by atoms with E-state index < -0.39 is 10.0 Å². The van der Waals surface area contributed by atoms with Crippen LogP contribution in [0.15, 0.2) is 11.2 Å². The molecular formula is C13H22N4O2S2. The minimum absolute atomic E-state index is 0.209. The van der Waals surface area contributed by atoms with Gasteiger partial charge in [-0.25, -0.2) is 13.1 Å². The summed E-state index contributed by atoms with van der Waals surface area (Å²) in [6, 6.07) is 0.545. The third-order valence-corrected chi connectivity index (χ3v) is 6.49. The summed E-state index contributed by atoms with van der Waals surface area (Å²) in [4.78, 5) is 0. The van der Waals surface area contributed by atoms with E-state index in [0.717, 1.165) is 24.3 Å².